The molecule has 3 nitrogen and oxygen atoms in total. The third-order valence-electron chi connectivity index (χ3n) is 5.67. The van der Waals surface area contributed by atoms with Crippen LogP contribution in [0, 0.1) is 13.0 Å². The van der Waals surface area contributed by atoms with Gasteiger partial charge in [-0.1, -0.05) is 48.0 Å². The first-order valence-electron chi connectivity index (χ1n) is 10.2. The fraction of sp³-hybridized carbons (Fsp3) is 0.308. The van der Waals surface area contributed by atoms with Crippen LogP contribution in [0.15, 0.2) is 77.7 Å². The minimum Gasteiger partial charge on any atom is -0.464 e. The molecule has 0 bridgehead atoms. The molecule has 29 heavy (non-hydrogen) atoms. The third-order valence-corrected chi connectivity index (χ3v) is 5.67. The molecule has 1 heterocycles. The minimum absolute atomic E-state index is 0.262. The van der Waals surface area contributed by atoms with Crippen LogP contribution in [0.5, 0.6) is 0 Å². The number of benzene rings is 2. The van der Waals surface area contributed by atoms with E-state index in [0.717, 1.165) is 18.7 Å². The van der Waals surface area contributed by atoms with Crippen molar-refractivity contribution in [1.29, 1.82) is 0 Å². The average Bonchev–Trinajstić information content (AvgIpc) is 2.72. The summed E-state index contributed by atoms with van der Waals surface area (Å²) in [6.45, 7) is 3.69. The van der Waals surface area contributed by atoms with Crippen molar-refractivity contribution in [3.05, 3.63) is 100 Å². The van der Waals surface area contributed by atoms with E-state index in [2.05, 4.69) is 98.5 Å². The first-order chi connectivity index (χ1) is 14.0. The van der Waals surface area contributed by atoms with Gasteiger partial charge in [-0.3, -0.25) is 4.90 Å². The van der Waals surface area contributed by atoms with Crippen LogP contribution >= 0.6 is 0 Å². The highest BCUT2D eigenvalue weighted by Crippen LogP contribution is 2.44. The Morgan fingerprint density at radius 3 is 2.55 bits per heavy atom. The van der Waals surface area contributed by atoms with Gasteiger partial charge in [0.1, 0.15) is 6.61 Å². The maximum Gasteiger partial charge on any atom is 0.289 e. The Bertz CT molecular complexity index is 966. The first-order valence-corrected chi connectivity index (χ1v) is 10.2. The van der Waals surface area contributed by atoms with E-state index in [9.17, 15) is 0 Å². The molecule has 0 saturated heterocycles. The van der Waals surface area contributed by atoms with Crippen LogP contribution in [-0.2, 0) is 11.2 Å². The number of allylic oxidation sites excluding steroid dienone is 4. The monoisotopic (exact) mass is 385 g/mol. The van der Waals surface area contributed by atoms with Gasteiger partial charge in [0.25, 0.3) is 5.76 Å². The van der Waals surface area contributed by atoms with Crippen LogP contribution in [0.25, 0.3) is 0 Å². The smallest absolute Gasteiger partial charge is 0.289 e. The maximum absolute atomic E-state index is 6.00. The number of nitrogens with zero attached hydrogens (tertiary/aromatic N) is 2. The number of fused-ring (bicyclic) bond motifs is 1. The summed E-state index contributed by atoms with van der Waals surface area (Å²) < 4.78 is 6.00. The van der Waals surface area contributed by atoms with Gasteiger partial charge in [0.05, 0.1) is 29.8 Å². The van der Waals surface area contributed by atoms with Crippen LogP contribution < -0.4 is 4.90 Å². The number of aryl methyl sites for hydroxylation is 1. The lowest BCUT2D eigenvalue weighted by atomic mass is 9.79. The molecule has 0 fully saturated rings. The summed E-state index contributed by atoms with van der Waals surface area (Å²) in [6, 6.07) is 17.6. The van der Waals surface area contributed by atoms with Crippen molar-refractivity contribution in [3.8, 4) is 0 Å². The van der Waals surface area contributed by atoms with Gasteiger partial charge in [0.15, 0.2) is 11.3 Å². The molecule has 0 spiro atoms. The van der Waals surface area contributed by atoms with Gasteiger partial charge in [0, 0.05) is 13.6 Å². The molecule has 0 saturated carbocycles. The van der Waals surface area contributed by atoms with Gasteiger partial charge >= 0.3 is 0 Å². The van der Waals surface area contributed by atoms with Gasteiger partial charge in [-0.15, -0.1) is 0 Å². The van der Waals surface area contributed by atoms with E-state index in [0.29, 0.717) is 6.61 Å². The first kappa shape index (κ1) is 19.4. The molecule has 4 rings (SSSR count). The second kappa shape index (κ2) is 8.24. The quantitative estimate of drug-likeness (QED) is 0.661. The van der Waals surface area contributed by atoms with Crippen LogP contribution in [0.3, 0.4) is 0 Å². The molecule has 2 aliphatic rings. The molecular formula is C26H29N2O+. The second-order valence-electron chi connectivity index (χ2n) is 8.13. The number of hydrogen-bond donors (Lipinski definition) is 0. The summed E-state index contributed by atoms with van der Waals surface area (Å²) in [5.41, 5.74) is 7.69. The maximum atomic E-state index is 6.00. The Morgan fingerprint density at radius 2 is 1.79 bits per heavy atom. The van der Waals surface area contributed by atoms with Crippen molar-refractivity contribution >= 4 is 5.69 Å². The lowest BCUT2D eigenvalue weighted by molar-refractivity contribution is 0.191. The van der Waals surface area contributed by atoms with Gasteiger partial charge < -0.3 is 9.64 Å². The van der Waals surface area contributed by atoms with E-state index in [1.165, 1.54) is 33.6 Å². The minimum atomic E-state index is 0.262. The van der Waals surface area contributed by atoms with Crippen molar-refractivity contribution in [2.75, 3.05) is 39.2 Å². The molecule has 0 amide bonds. The molecule has 1 aliphatic carbocycles. The van der Waals surface area contributed by atoms with E-state index >= 15 is 0 Å². The lowest BCUT2D eigenvalue weighted by Crippen LogP contribution is -2.28. The van der Waals surface area contributed by atoms with E-state index in [-0.39, 0.29) is 5.92 Å². The van der Waals surface area contributed by atoms with Crippen LogP contribution in [0.1, 0.15) is 22.6 Å². The Kier molecular flexibility index (Phi) is 5.53. The number of para-hydroxylation sites is 1. The lowest BCUT2D eigenvalue weighted by Gasteiger charge is -2.31. The number of likely N-dealkylation sites (N-methyl/N-ethyl adjacent to an activating group) is 2. The van der Waals surface area contributed by atoms with Crippen LogP contribution in [0.2, 0.25) is 0 Å². The normalized spacial score (nSPS) is 17.6. The average molecular weight is 386 g/mol. The predicted octanol–water partition coefficient (Wildman–Crippen LogP) is 4.86. The molecule has 2 aromatic rings. The molecular weight excluding hydrogens is 356 g/mol. The molecule has 1 aliphatic heterocycles. The van der Waals surface area contributed by atoms with Gasteiger partial charge in [-0.2, -0.15) is 0 Å². The highest BCUT2D eigenvalue weighted by atomic mass is 16.5. The summed E-state index contributed by atoms with van der Waals surface area (Å²) in [5, 5.41) is 0. The van der Waals surface area contributed by atoms with Crippen molar-refractivity contribution in [2.24, 2.45) is 0 Å². The summed E-state index contributed by atoms with van der Waals surface area (Å²) >= 11 is 0. The van der Waals surface area contributed by atoms with E-state index in [1.54, 1.807) is 0 Å². The highest BCUT2D eigenvalue weighted by Gasteiger charge is 2.37. The topological polar surface area (TPSA) is 15.7 Å². The van der Waals surface area contributed by atoms with Crippen molar-refractivity contribution in [2.45, 2.75) is 19.3 Å². The van der Waals surface area contributed by atoms with E-state index in [4.69, 9.17) is 4.74 Å². The summed E-state index contributed by atoms with van der Waals surface area (Å²) in [6.07, 6.45) is 8.78. The zero-order chi connectivity index (χ0) is 20.4. The molecule has 1 unspecified atom stereocenters. The Balaban J connectivity index is 1.69. The molecule has 1 atom stereocenters. The fourth-order valence-electron chi connectivity index (χ4n) is 4.01. The number of hydrogen-bond acceptors (Lipinski definition) is 3. The number of ether oxygens (including phenoxy) is 1. The van der Waals surface area contributed by atoms with Crippen LogP contribution in [-0.4, -0.2) is 39.2 Å². The Hall–Kier alpha value is -2.87. The standard InChI is InChI=1S/C26H29N2O/c1-19-9-11-20(12-10-19)17-23-22-7-5-6-8-25(22)28(4)26-14-13-21(18-24(23)26)29-16-15-27(2)3/h5-14,23H,15-17H2,1-4H3/q+1. The largest absolute Gasteiger partial charge is 0.464 e. The number of anilines is 1. The third kappa shape index (κ3) is 4.12. The summed E-state index contributed by atoms with van der Waals surface area (Å²) in [7, 11) is 6.26. The van der Waals surface area contributed by atoms with Gasteiger partial charge in [-0.25, -0.2) is 0 Å². The summed E-state index contributed by atoms with van der Waals surface area (Å²) in [4.78, 5) is 4.40. The molecule has 0 aromatic heterocycles. The zero-order valence-electron chi connectivity index (χ0n) is 17.8. The zero-order valence-corrected chi connectivity index (χ0v) is 17.8. The van der Waals surface area contributed by atoms with Gasteiger partial charge in [0.2, 0.25) is 0 Å². The highest BCUT2D eigenvalue weighted by molar-refractivity contribution is 5.69. The molecule has 2 aromatic carbocycles. The summed E-state index contributed by atoms with van der Waals surface area (Å²) in [5.74, 6) is 1.09. The van der Waals surface area contributed by atoms with E-state index in [1.807, 2.05) is 6.08 Å². The molecule has 0 radical (unpaired) electrons. The van der Waals surface area contributed by atoms with Crippen molar-refractivity contribution < 1.29 is 4.74 Å². The Morgan fingerprint density at radius 1 is 1.03 bits per heavy atom. The number of rotatable bonds is 6. The van der Waals surface area contributed by atoms with Crippen LogP contribution in [0.4, 0.5) is 5.69 Å². The molecule has 3 heteroatoms. The predicted molar refractivity (Wildman–Crippen MR) is 120 cm³/mol. The SMILES string of the molecule is Cc1ccc(CC2C3=C(C=CC(OCCN(C)C)=[C+]3)N(C)c3ccccc32)cc1. The van der Waals surface area contributed by atoms with Crippen molar-refractivity contribution in [1.82, 2.24) is 4.90 Å². The van der Waals surface area contributed by atoms with Crippen molar-refractivity contribution in [3.63, 3.8) is 0 Å². The molecule has 0 N–H and O–H groups in total. The molecule has 148 valence electrons. The Labute approximate surface area is 174 Å². The second-order valence-corrected chi connectivity index (χ2v) is 8.13. The van der Waals surface area contributed by atoms with Gasteiger partial charge in [-0.05, 0) is 44.6 Å². The fourth-order valence-corrected chi connectivity index (χ4v) is 4.01. The van der Waals surface area contributed by atoms with E-state index < -0.39 is 0 Å².